The van der Waals surface area contributed by atoms with Crippen LogP contribution in [0, 0.1) is 12.7 Å². The minimum atomic E-state index is -4.16. The van der Waals surface area contributed by atoms with Gasteiger partial charge >= 0.3 is 0 Å². The number of para-hydroxylation sites is 1. The van der Waals surface area contributed by atoms with E-state index in [1.165, 1.54) is 24.3 Å². The Balaban J connectivity index is 1.67. The van der Waals surface area contributed by atoms with Crippen LogP contribution in [0.5, 0.6) is 5.88 Å². The lowest BCUT2D eigenvalue weighted by atomic mass is 10.2. The van der Waals surface area contributed by atoms with Crippen LogP contribution in [0.25, 0.3) is 10.9 Å². The Morgan fingerprint density at radius 2 is 1.70 bits per heavy atom. The number of H-pyrrole nitrogens is 1. The lowest BCUT2D eigenvalue weighted by molar-refractivity contribution is -0.116. The molecule has 1 amide bonds. The standard InChI is InChI=1S/C23H19FN4O4S/c1-15-6-12-18(13-7-15)33(31,32)28(17-10-8-16(24)9-11-17)14-21(29)26-27-22-19-4-2-3-5-20(19)25-23(22)30/h2-13,25,30H,14H2,1H3. The third-order valence-electron chi connectivity index (χ3n) is 4.92. The van der Waals surface area contributed by atoms with Crippen molar-refractivity contribution in [3.63, 3.8) is 0 Å². The highest BCUT2D eigenvalue weighted by Crippen LogP contribution is 2.35. The number of nitrogens with zero attached hydrogens (tertiary/aromatic N) is 3. The summed E-state index contributed by atoms with van der Waals surface area (Å²) in [7, 11) is -4.16. The fraction of sp³-hybridized carbons (Fsp3) is 0.0870. The zero-order valence-corrected chi connectivity index (χ0v) is 18.3. The summed E-state index contributed by atoms with van der Waals surface area (Å²) in [6.07, 6.45) is 0. The SMILES string of the molecule is Cc1ccc(S(=O)(=O)N(CC(=O)N=Nc2c(O)[nH]c3ccccc23)c2ccc(F)cc2)cc1. The number of fused-ring (bicyclic) bond motifs is 1. The van der Waals surface area contributed by atoms with Gasteiger partial charge in [0.05, 0.1) is 16.1 Å². The number of carbonyl (C=O) groups is 1. The molecule has 1 aromatic heterocycles. The number of carbonyl (C=O) groups excluding carboxylic acids is 1. The van der Waals surface area contributed by atoms with E-state index in [0.717, 1.165) is 22.0 Å². The average molecular weight is 466 g/mol. The summed E-state index contributed by atoms with van der Waals surface area (Å²) < 4.78 is 40.8. The molecule has 3 aromatic carbocycles. The van der Waals surface area contributed by atoms with E-state index in [0.29, 0.717) is 10.9 Å². The lowest BCUT2D eigenvalue weighted by Crippen LogP contribution is -2.35. The van der Waals surface area contributed by atoms with Crippen LogP contribution in [0.1, 0.15) is 5.56 Å². The predicted molar refractivity (Wildman–Crippen MR) is 122 cm³/mol. The number of halogens is 1. The molecule has 0 spiro atoms. The van der Waals surface area contributed by atoms with E-state index in [4.69, 9.17) is 0 Å². The zero-order valence-electron chi connectivity index (χ0n) is 17.4. The molecule has 10 heteroatoms. The van der Waals surface area contributed by atoms with Crippen molar-refractivity contribution in [1.82, 2.24) is 4.98 Å². The molecular formula is C23H19FN4O4S. The molecule has 0 aliphatic heterocycles. The highest BCUT2D eigenvalue weighted by atomic mass is 32.2. The summed E-state index contributed by atoms with van der Waals surface area (Å²) in [5.41, 5.74) is 1.63. The Labute approximate surface area is 189 Å². The summed E-state index contributed by atoms with van der Waals surface area (Å²) in [6, 6.07) is 17.8. The van der Waals surface area contributed by atoms with E-state index < -0.39 is 28.3 Å². The van der Waals surface area contributed by atoms with Gasteiger partial charge in [0.2, 0.25) is 5.88 Å². The molecule has 0 aliphatic carbocycles. The van der Waals surface area contributed by atoms with Crippen molar-refractivity contribution in [2.45, 2.75) is 11.8 Å². The Kier molecular flexibility index (Phi) is 5.93. The fourth-order valence-corrected chi connectivity index (χ4v) is 4.65. The molecule has 4 aromatic rings. The maximum atomic E-state index is 13.4. The molecule has 1 heterocycles. The van der Waals surface area contributed by atoms with Gasteiger partial charge in [-0.15, -0.1) is 10.2 Å². The monoisotopic (exact) mass is 466 g/mol. The number of amides is 1. The molecule has 8 nitrogen and oxygen atoms in total. The number of anilines is 1. The minimum Gasteiger partial charge on any atom is -0.493 e. The first-order valence-electron chi connectivity index (χ1n) is 9.85. The summed E-state index contributed by atoms with van der Waals surface area (Å²) in [5, 5.41) is 18.1. The van der Waals surface area contributed by atoms with E-state index in [9.17, 15) is 22.7 Å². The van der Waals surface area contributed by atoms with Crippen LogP contribution in [-0.2, 0) is 14.8 Å². The van der Waals surface area contributed by atoms with Crippen LogP contribution in [0.4, 0.5) is 15.8 Å². The van der Waals surface area contributed by atoms with Gasteiger partial charge in [0.25, 0.3) is 15.9 Å². The molecular weight excluding hydrogens is 447 g/mol. The number of nitrogens with one attached hydrogen (secondary N) is 1. The molecule has 0 unspecified atom stereocenters. The molecule has 0 aliphatic rings. The van der Waals surface area contributed by atoms with Crippen LogP contribution in [0.3, 0.4) is 0 Å². The molecule has 33 heavy (non-hydrogen) atoms. The third-order valence-corrected chi connectivity index (χ3v) is 6.71. The molecule has 168 valence electrons. The minimum absolute atomic E-state index is 0.0311. The lowest BCUT2D eigenvalue weighted by Gasteiger charge is -2.23. The molecule has 0 saturated carbocycles. The Bertz CT molecular complexity index is 1450. The van der Waals surface area contributed by atoms with Crippen molar-refractivity contribution in [2.75, 3.05) is 10.8 Å². The number of rotatable bonds is 6. The van der Waals surface area contributed by atoms with Crippen molar-refractivity contribution in [1.29, 1.82) is 0 Å². The number of aromatic nitrogens is 1. The van der Waals surface area contributed by atoms with Gasteiger partial charge in [-0.3, -0.25) is 9.10 Å². The number of azo groups is 1. The number of hydrogen-bond donors (Lipinski definition) is 2. The highest BCUT2D eigenvalue weighted by molar-refractivity contribution is 7.92. The Morgan fingerprint density at radius 1 is 1.03 bits per heavy atom. The highest BCUT2D eigenvalue weighted by Gasteiger charge is 2.27. The van der Waals surface area contributed by atoms with Crippen LogP contribution >= 0.6 is 0 Å². The molecule has 0 saturated heterocycles. The Morgan fingerprint density at radius 3 is 2.39 bits per heavy atom. The molecule has 0 bridgehead atoms. The first kappa shape index (κ1) is 22.2. The summed E-state index contributed by atoms with van der Waals surface area (Å²) in [4.78, 5) is 15.3. The number of aromatic amines is 1. The number of hydrogen-bond acceptors (Lipinski definition) is 5. The van der Waals surface area contributed by atoms with Gasteiger partial charge in [-0.05, 0) is 49.4 Å². The quantitative estimate of drug-likeness (QED) is 0.396. The van der Waals surface area contributed by atoms with Gasteiger partial charge < -0.3 is 10.1 Å². The van der Waals surface area contributed by atoms with Crippen molar-refractivity contribution in [3.8, 4) is 5.88 Å². The van der Waals surface area contributed by atoms with Crippen molar-refractivity contribution < 1.29 is 22.7 Å². The summed E-state index contributed by atoms with van der Waals surface area (Å²) in [6.45, 7) is 1.15. The molecule has 0 atom stereocenters. The maximum Gasteiger partial charge on any atom is 0.285 e. The molecule has 0 radical (unpaired) electrons. The number of aromatic hydroxyl groups is 1. The topological polar surface area (TPSA) is 115 Å². The van der Waals surface area contributed by atoms with Crippen LogP contribution in [0.2, 0.25) is 0 Å². The van der Waals surface area contributed by atoms with Gasteiger partial charge in [0.15, 0.2) is 5.69 Å². The molecule has 2 N–H and O–H groups in total. The van der Waals surface area contributed by atoms with E-state index >= 15 is 0 Å². The summed E-state index contributed by atoms with van der Waals surface area (Å²) in [5.74, 6) is -1.69. The second-order valence-corrected chi connectivity index (χ2v) is 9.12. The van der Waals surface area contributed by atoms with Crippen molar-refractivity contribution >= 4 is 38.2 Å². The van der Waals surface area contributed by atoms with E-state index in [2.05, 4.69) is 15.2 Å². The summed E-state index contributed by atoms with van der Waals surface area (Å²) >= 11 is 0. The van der Waals surface area contributed by atoms with Gasteiger partial charge in [0.1, 0.15) is 12.4 Å². The van der Waals surface area contributed by atoms with Crippen LogP contribution in [0.15, 0.2) is 87.9 Å². The van der Waals surface area contributed by atoms with E-state index in [-0.39, 0.29) is 22.2 Å². The van der Waals surface area contributed by atoms with Crippen LogP contribution in [-0.4, -0.2) is 31.0 Å². The second-order valence-electron chi connectivity index (χ2n) is 7.26. The number of aryl methyl sites for hydroxylation is 1. The second kappa shape index (κ2) is 8.83. The normalized spacial score (nSPS) is 11.8. The number of sulfonamides is 1. The van der Waals surface area contributed by atoms with Crippen molar-refractivity contribution in [3.05, 3.63) is 84.2 Å². The van der Waals surface area contributed by atoms with Gasteiger partial charge in [0, 0.05) is 5.39 Å². The largest absolute Gasteiger partial charge is 0.493 e. The predicted octanol–water partition coefficient (Wildman–Crippen LogP) is 4.83. The van der Waals surface area contributed by atoms with E-state index in [1.54, 1.807) is 36.4 Å². The van der Waals surface area contributed by atoms with E-state index in [1.807, 2.05) is 6.92 Å². The molecule has 0 fully saturated rings. The fourth-order valence-electron chi connectivity index (χ4n) is 3.23. The molecule has 4 rings (SSSR count). The third kappa shape index (κ3) is 4.60. The maximum absolute atomic E-state index is 13.4. The zero-order chi connectivity index (χ0) is 23.6. The Hall–Kier alpha value is -4.05. The number of benzene rings is 3. The first-order valence-corrected chi connectivity index (χ1v) is 11.3. The van der Waals surface area contributed by atoms with Gasteiger partial charge in [-0.2, -0.15) is 0 Å². The smallest absolute Gasteiger partial charge is 0.285 e. The average Bonchev–Trinajstić information content (AvgIpc) is 3.12. The van der Waals surface area contributed by atoms with Gasteiger partial charge in [-0.25, -0.2) is 12.8 Å². The van der Waals surface area contributed by atoms with Crippen molar-refractivity contribution in [2.24, 2.45) is 10.2 Å². The van der Waals surface area contributed by atoms with Crippen LogP contribution < -0.4 is 4.31 Å². The van der Waals surface area contributed by atoms with Gasteiger partial charge in [-0.1, -0.05) is 35.9 Å². The first-order chi connectivity index (χ1) is 15.8.